The molecule has 0 saturated carbocycles. The summed E-state index contributed by atoms with van der Waals surface area (Å²) in [6, 6.07) is 6.88. The molecule has 0 spiro atoms. The number of hydrogen-bond acceptors (Lipinski definition) is 5. The second-order valence-electron chi connectivity index (χ2n) is 4.55. The Morgan fingerprint density at radius 1 is 1.58 bits per heavy atom. The van der Waals surface area contributed by atoms with Crippen LogP contribution in [0.2, 0.25) is 0 Å². The van der Waals surface area contributed by atoms with Gasteiger partial charge in [0.2, 0.25) is 0 Å². The molecule has 100 valence electrons. The fourth-order valence-corrected chi connectivity index (χ4v) is 2.35. The molecule has 0 radical (unpaired) electrons. The molecule has 1 saturated heterocycles. The standard InChI is InChI=1S/C13H15N3O3/c1-19-13-6-10(5-12(7-13)16(17)18)9-15-4-2-3-11(15)8-14/h5-7,11H,2-4,9H2,1H3. The molecular formula is C13H15N3O3. The second kappa shape index (κ2) is 5.67. The second-order valence-corrected chi connectivity index (χ2v) is 4.55. The van der Waals surface area contributed by atoms with Crippen LogP contribution in [0.15, 0.2) is 18.2 Å². The number of nitro benzene ring substituents is 1. The van der Waals surface area contributed by atoms with Crippen LogP contribution in [-0.4, -0.2) is 29.5 Å². The third-order valence-corrected chi connectivity index (χ3v) is 3.30. The molecule has 19 heavy (non-hydrogen) atoms. The van der Waals surface area contributed by atoms with Crippen molar-refractivity contribution < 1.29 is 9.66 Å². The van der Waals surface area contributed by atoms with E-state index in [2.05, 4.69) is 6.07 Å². The number of hydrogen-bond donors (Lipinski definition) is 0. The minimum atomic E-state index is -0.433. The van der Waals surface area contributed by atoms with Crippen molar-refractivity contribution in [3.05, 3.63) is 33.9 Å². The van der Waals surface area contributed by atoms with Crippen LogP contribution < -0.4 is 4.74 Å². The van der Waals surface area contributed by atoms with Crippen LogP contribution in [0.25, 0.3) is 0 Å². The summed E-state index contributed by atoms with van der Waals surface area (Å²) in [6.45, 7) is 1.39. The molecule has 6 heteroatoms. The van der Waals surface area contributed by atoms with Crippen LogP contribution in [0.4, 0.5) is 5.69 Å². The number of methoxy groups -OCH3 is 1. The van der Waals surface area contributed by atoms with Gasteiger partial charge in [-0.25, -0.2) is 0 Å². The van der Waals surface area contributed by atoms with Crippen LogP contribution in [0, 0.1) is 21.4 Å². The fourth-order valence-electron chi connectivity index (χ4n) is 2.35. The predicted molar refractivity (Wildman–Crippen MR) is 68.7 cm³/mol. The third-order valence-electron chi connectivity index (χ3n) is 3.30. The molecular weight excluding hydrogens is 246 g/mol. The maximum Gasteiger partial charge on any atom is 0.273 e. The number of nitro groups is 1. The monoisotopic (exact) mass is 261 g/mol. The number of benzene rings is 1. The van der Waals surface area contributed by atoms with Gasteiger partial charge in [0.25, 0.3) is 5.69 Å². The lowest BCUT2D eigenvalue weighted by molar-refractivity contribution is -0.385. The highest BCUT2D eigenvalue weighted by Crippen LogP contribution is 2.26. The Bertz CT molecular complexity index is 524. The summed E-state index contributed by atoms with van der Waals surface area (Å²) in [4.78, 5) is 12.5. The highest BCUT2D eigenvalue weighted by Gasteiger charge is 2.24. The minimum absolute atomic E-state index is 0.0158. The van der Waals surface area contributed by atoms with E-state index in [1.165, 1.54) is 19.2 Å². The van der Waals surface area contributed by atoms with E-state index in [1.807, 2.05) is 4.90 Å². The molecule has 1 atom stereocenters. The van der Waals surface area contributed by atoms with Crippen molar-refractivity contribution in [1.29, 1.82) is 5.26 Å². The SMILES string of the molecule is COc1cc(CN2CCCC2C#N)cc([N+](=O)[O-])c1. The average Bonchev–Trinajstić information content (AvgIpc) is 2.85. The largest absolute Gasteiger partial charge is 0.496 e. The number of nitrogens with zero attached hydrogens (tertiary/aromatic N) is 3. The van der Waals surface area contributed by atoms with Crippen molar-refractivity contribution >= 4 is 5.69 Å². The molecule has 1 aromatic rings. The van der Waals surface area contributed by atoms with E-state index < -0.39 is 4.92 Å². The van der Waals surface area contributed by atoms with E-state index >= 15 is 0 Å². The van der Waals surface area contributed by atoms with E-state index in [0.717, 1.165) is 24.9 Å². The van der Waals surface area contributed by atoms with E-state index in [4.69, 9.17) is 10.00 Å². The van der Waals surface area contributed by atoms with Crippen LogP contribution >= 0.6 is 0 Å². The summed E-state index contributed by atoms with van der Waals surface area (Å²) in [7, 11) is 1.48. The predicted octanol–water partition coefficient (Wildman–Crippen LogP) is 2.09. The number of nitriles is 1. The van der Waals surface area contributed by atoms with Crippen molar-refractivity contribution in [1.82, 2.24) is 4.90 Å². The van der Waals surface area contributed by atoms with Gasteiger partial charge in [-0.15, -0.1) is 0 Å². The van der Waals surface area contributed by atoms with Crippen LogP contribution in [0.5, 0.6) is 5.75 Å². The first-order chi connectivity index (χ1) is 9.13. The van der Waals surface area contributed by atoms with Gasteiger partial charge in [-0.3, -0.25) is 15.0 Å². The summed E-state index contributed by atoms with van der Waals surface area (Å²) in [6.07, 6.45) is 1.85. The normalized spacial score (nSPS) is 19.1. The summed E-state index contributed by atoms with van der Waals surface area (Å²) in [5, 5.41) is 19.9. The van der Waals surface area contributed by atoms with Crippen LogP contribution in [0.1, 0.15) is 18.4 Å². The topological polar surface area (TPSA) is 79.4 Å². The van der Waals surface area contributed by atoms with E-state index in [0.29, 0.717) is 12.3 Å². The van der Waals surface area contributed by atoms with Crippen LogP contribution in [0.3, 0.4) is 0 Å². The molecule has 0 aromatic heterocycles. The molecule has 0 N–H and O–H groups in total. The molecule has 1 aromatic carbocycles. The molecule has 0 aliphatic carbocycles. The highest BCUT2D eigenvalue weighted by molar-refractivity contribution is 5.42. The average molecular weight is 261 g/mol. The first-order valence-corrected chi connectivity index (χ1v) is 6.10. The number of rotatable bonds is 4. The summed E-state index contributed by atoms with van der Waals surface area (Å²) in [5.41, 5.74) is 0.815. The lowest BCUT2D eigenvalue weighted by atomic mass is 10.1. The van der Waals surface area contributed by atoms with Gasteiger partial charge in [0, 0.05) is 12.6 Å². The van der Waals surface area contributed by atoms with Gasteiger partial charge < -0.3 is 4.74 Å². The Kier molecular flexibility index (Phi) is 3.97. The maximum atomic E-state index is 10.9. The van der Waals surface area contributed by atoms with Crippen molar-refractivity contribution in [3.63, 3.8) is 0 Å². The van der Waals surface area contributed by atoms with E-state index in [1.54, 1.807) is 6.07 Å². The van der Waals surface area contributed by atoms with Crippen molar-refractivity contribution in [2.24, 2.45) is 0 Å². The van der Waals surface area contributed by atoms with Gasteiger partial charge in [0.1, 0.15) is 5.75 Å². The van der Waals surface area contributed by atoms with Crippen molar-refractivity contribution in [2.75, 3.05) is 13.7 Å². The van der Waals surface area contributed by atoms with Crippen LogP contribution in [-0.2, 0) is 6.54 Å². The Morgan fingerprint density at radius 2 is 2.37 bits per heavy atom. The quantitative estimate of drug-likeness (QED) is 0.612. The minimum Gasteiger partial charge on any atom is -0.496 e. The molecule has 1 fully saturated rings. The zero-order valence-corrected chi connectivity index (χ0v) is 10.7. The molecule has 6 nitrogen and oxygen atoms in total. The molecule has 1 unspecified atom stereocenters. The van der Waals surface area contributed by atoms with Crippen molar-refractivity contribution in [3.8, 4) is 11.8 Å². The lowest BCUT2D eigenvalue weighted by Crippen LogP contribution is -2.27. The zero-order valence-electron chi connectivity index (χ0n) is 10.7. The van der Waals surface area contributed by atoms with Gasteiger partial charge in [0.05, 0.1) is 30.2 Å². The van der Waals surface area contributed by atoms with E-state index in [9.17, 15) is 10.1 Å². The summed E-state index contributed by atoms with van der Waals surface area (Å²) >= 11 is 0. The number of non-ortho nitro benzene ring substituents is 1. The zero-order chi connectivity index (χ0) is 13.8. The first-order valence-electron chi connectivity index (χ1n) is 6.10. The van der Waals surface area contributed by atoms with E-state index in [-0.39, 0.29) is 11.7 Å². The fraction of sp³-hybridized carbons (Fsp3) is 0.462. The number of likely N-dealkylation sites (tertiary alicyclic amines) is 1. The first kappa shape index (κ1) is 13.3. The highest BCUT2D eigenvalue weighted by atomic mass is 16.6. The Labute approximate surface area is 111 Å². The maximum absolute atomic E-state index is 10.9. The Balaban J connectivity index is 2.22. The lowest BCUT2D eigenvalue weighted by Gasteiger charge is -2.19. The molecule has 1 heterocycles. The Hall–Kier alpha value is -2.13. The van der Waals surface area contributed by atoms with Gasteiger partial charge in [-0.05, 0) is 31.0 Å². The molecule has 1 aliphatic rings. The summed E-state index contributed by atoms with van der Waals surface area (Å²) in [5.74, 6) is 0.469. The van der Waals surface area contributed by atoms with Gasteiger partial charge in [-0.2, -0.15) is 5.26 Å². The van der Waals surface area contributed by atoms with Gasteiger partial charge >= 0.3 is 0 Å². The molecule has 1 aliphatic heterocycles. The summed E-state index contributed by atoms with van der Waals surface area (Å²) < 4.78 is 5.08. The smallest absolute Gasteiger partial charge is 0.273 e. The number of ether oxygens (including phenoxy) is 1. The van der Waals surface area contributed by atoms with Gasteiger partial charge in [-0.1, -0.05) is 0 Å². The van der Waals surface area contributed by atoms with Gasteiger partial charge in [0.15, 0.2) is 0 Å². The third kappa shape index (κ3) is 3.01. The van der Waals surface area contributed by atoms with Crippen molar-refractivity contribution in [2.45, 2.75) is 25.4 Å². The molecule has 0 amide bonds. The molecule has 0 bridgehead atoms. The Morgan fingerprint density at radius 3 is 3.00 bits per heavy atom. The molecule has 2 rings (SSSR count).